The number of ether oxygens (including phenoxy) is 1. The summed E-state index contributed by atoms with van der Waals surface area (Å²) in [6.45, 7) is 7.17. The first kappa shape index (κ1) is 33.9. The van der Waals surface area contributed by atoms with E-state index in [0.717, 1.165) is 84.1 Å². The molecule has 0 fully saturated rings. The second-order valence-electron chi connectivity index (χ2n) is 15.8. The first-order valence-corrected chi connectivity index (χ1v) is 19.5. The molecule has 5 heterocycles. The monoisotopic (exact) mass is 754 g/mol. The van der Waals surface area contributed by atoms with Gasteiger partial charge in [0.25, 0.3) is 0 Å². The van der Waals surface area contributed by atoms with E-state index in [9.17, 15) is 0 Å². The Morgan fingerprint density at radius 3 is 1.95 bits per heavy atom. The highest BCUT2D eigenvalue weighted by molar-refractivity contribution is 6.23. The van der Waals surface area contributed by atoms with Gasteiger partial charge in [0.2, 0.25) is 0 Å². The molecule has 8 nitrogen and oxygen atoms in total. The fourth-order valence-corrected chi connectivity index (χ4v) is 8.43. The number of nitrogens with zero attached hydrogens (tertiary/aromatic N) is 6. The van der Waals surface area contributed by atoms with Gasteiger partial charge in [0.05, 0.1) is 27.5 Å². The van der Waals surface area contributed by atoms with Crippen LogP contribution in [-0.2, 0) is 5.41 Å². The average Bonchev–Trinajstić information content (AvgIpc) is 3.94. The number of furan rings is 1. The van der Waals surface area contributed by atoms with E-state index in [0.29, 0.717) is 18.2 Å². The van der Waals surface area contributed by atoms with E-state index >= 15 is 0 Å². The Morgan fingerprint density at radius 2 is 1.22 bits per heavy atom. The summed E-state index contributed by atoms with van der Waals surface area (Å²) >= 11 is 0. The highest BCUT2D eigenvalue weighted by atomic mass is 16.5. The summed E-state index contributed by atoms with van der Waals surface area (Å²) in [7, 11) is 0. The van der Waals surface area contributed by atoms with Crippen LogP contribution < -0.4 is 14.5 Å². The van der Waals surface area contributed by atoms with E-state index < -0.39 is 0 Å². The lowest BCUT2D eigenvalue weighted by Gasteiger charge is -2.26. The van der Waals surface area contributed by atoms with Gasteiger partial charge in [-0.25, -0.2) is 15.0 Å². The summed E-state index contributed by atoms with van der Waals surface area (Å²) < 4.78 is 15.4. The van der Waals surface area contributed by atoms with Crippen molar-refractivity contribution in [3.05, 3.63) is 170 Å². The number of hydrogen-bond acceptors (Lipinski definition) is 7. The van der Waals surface area contributed by atoms with Crippen LogP contribution in [0.3, 0.4) is 0 Å². The van der Waals surface area contributed by atoms with Crippen LogP contribution in [0.2, 0.25) is 0 Å². The summed E-state index contributed by atoms with van der Waals surface area (Å²) in [6.07, 6.45) is 5.42. The third-order valence-electron chi connectivity index (χ3n) is 11.1. The molecule has 4 aromatic heterocycles. The summed E-state index contributed by atoms with van der Waals surface area (Å²) in [6, 6.07) is 50.3. The van der Waals surface area contributed by atoms with Gasteiger partial charge in [-0.3, -0.25) is 4.57 Å². The van der Waals surface area contributed by atoms with Crippen LogP contribution in [0.25, 0.3) is 61.0 Å². The molecule has 0 saturated carbocycles. The zero-order valence-electron chi connectivity index (χ0n) is 32.3. The van der Waals surface area contributed by atoms with Crippen LogP contribution in [0.4, 0.5) is 23.0 Å². The predicted octanol–water partition coefficient (Wildman–Crippen LogP) is 12.8. The number of fused-ring (bicyclic) bond motifs is 1. The lowest BCUT2D eigenvalue weighted by molar-refractivity contribution is 0.482. The van der Waals surface area contributed by atoms with Crippen LogP contribution >= 0.6 is 0 Å². The molecule has 280 valence electrons. The van der Waals surface area contributed by atoms with Crippen LogP contribution in [0.5, 0.6) is 11.5 Å². The number of rotatable bonds is 7. The molecule has 0 saturated heterocycles. The van der Waals surface area contributed by atoms with Crippen molar-refractivity contribution in [3.63, 3.8) is 0 Å². The zero-order chi connectivity index (χ0) is 39.0. The van der Waals surface area contributed by atoms with Crippen molar-refractivity contribution >= 4 is 56.0 Å². The van der Waals surface area contributed by atoms with Gasteiger partial charge in [-0.2, -0.15) is 0 Å². The molecule has 0 aliphatic carbocycles. The topological polar surface area (TPSA) is 72.5 Å². The average molecular weight is 755 g/mol. The number of aromatic nitrogens is 4. The van der Waals surface area contributed by atoms with E-state index in [-0.39, 0.29) is 5.41 Å². The Hall–Kier alpha value is -7.45. The summed E-state index contributed by atoms with van der Waals surface area (Å²) in [5.41, 5.74) is 11.3. The van der Waals surface area contributed by atoms with E-state index in [1.807, 2.05) is 36.5 Å². The molecule has 0 atom stereocenters. The maximum absolute atomic E-state index is 6.74. The lowest BCUT2D eigenvalue weighted by atomic mass is 9.88. The maximum Gasteiger partial charge on any atom is 0.178 e. The SMILES string of the molecule is CC(C)(C)c1ccnc(-n2c3cccc4oc5cc(Oc6cccc(N7CN(c8c(-c9ccccc9)cccc8-c8ccccc8)c8nccnc87)c6)cc2c5c43)c1. The van der Waals surface area contributed by atoms with Crippen molar-refractivity contribution < 1.29 is 9.15 Å². The Bertz CT molecular complexity index is 3070. The number of hydrogen-bond donors (Lipinski definition) is 0. The van der Waals surface area contributed by atoms with Gasteiger partial charge in [0.1, 0.15) is 35.2 Å². The molecule has 0 amide bonds. The summed E-state index contributed by atoms with van der Waals surface area (Å²) in [5, 5.41) is 2.15. The fourth-order valence-electron chi connectivity index (χ4n) is 8.43. The van der Waals surface area contributed by atoms with Crippen molar-refractivity contribution in [2.24, 2.45) is 0 Å². The largest absolute Gasteiger partial charge is 0.457 e. The first-order chi connectivity index (χ1) is 28.4. The van der Waals surface area contributed by atoms with Crippen LogP contribution in [0, 0.1) is 0 Å². The summed E-state index contributed by atoms with van der Waals surface area (Å²) in [5.74, 6) is 3.78. The van der Waals surface area contributed by atoms with E-state index in [1.54, 1.807) is 12.4 Å². The molecule has 6 aromatic carbocycles. The van der Waals surface area contributed by atoms with E-state index in [4.69, 9.17) is 24.1 Å². The Kier molecular flexibility index (Phi) is 7.63. The van der Waals surface area contributed by atoms with Gasteiger partial charge >= 0.3 is 0 Å². The first-order valence-electron chi connectivity index (χ1n) is 19.5. The highest BCUT2D eigenvalue weighted by Gasteiger charge is 2.34. The molecule has 0 unspecified atom stereocenters. The molecule has 8 heteroatoms. The molecule has 0 N–H and O–H groups in total. The predicted molar refractivity (Wildman–Crippen MR) is 233 cm³/mol. The minimum Gasteiger partial charge on any atom is -0.457 e. The van der Waals surface area contributed by atoms with Crippen LogP contribution in [0.1, 0.15) is 26.3 Å². The molecular weight excluding hydrogens is 717 g/mol. The standard InChI is InChI=1S/C50H38N6O2/c1-50(2,3)34-23-24-51-44(27-34)56-40-21-12-22-42-45(40)46-41(56)29-37(30-43(46)58-42)57-36-18-10-17-35(28-36)54-31-55(49-48(54)52-25-26-53-49)47-38(32-13-6-4-7-14-32)19-11-20-39(47)33-15-8-5-9-16-33/h4-30H,31H2,1-3H3. The normalized spacial score (nSPS) is 12.9. The number of pyridine rings is 1. The second-order valence-corrected chi connectivity index (χ2v) is 15.8. The number of para-hydroxylation sites is 1. The Morgan fingerprint density at radius 1 is 0.552 bits per heavy atom. The third kappa shape index (κ3) is 5.48. The van der Waals surface area contributed by atoms with Gasteiger partial charge < -0.3 is 19.0 Å². The van der Waals surface area contributed by atoms with Crippen LogP contribution in [0.15, 0.2) is 169 Å². The molecule has 0 bridgehead atoms. The lowest BCUT2D eigenvalue weighted by Crippen LogP contribution is -2.25. The number of anilines is 4. The molecule has 11 rings (SSSR count). The van der Waals surface area contributed by atoms with Gasteiger partial charge in [0.15, 0.2) is 11.6 Å². The van der Waals surface area contributed by atoms with E-state index in [1.165, 1.54) is 5.56 Å². The minimum absolute atomic E-state index is 0.0276. The van der Waals surface area contributed by atoms with Crippen LogP contribution in [-0.4, -0.2) is 26.2 Å². The quantitative estimate of drug-likeness (QED) is 0.160. The van der Waals surface area contributed by atoms with Gasteiger partial charge in [0, 0.05) is 53.6 Å². The number of benzene rings is 6. The van der Waals surface area contributed by atoms with Crippen molar-refractivity contribution in [1.82, 2.24) is 19.5 Å². The van der Waals surface area contributed by atoms with Gasteiger partial charge in [-0.05, 0) is 58.5 Å². The van der Waals surface area contributed by atoms with E-state index in [2.05, 4.69) is 150 Å². The Labute approximate surface area is 335 Å². The third-order valence-corrected chi connectivity index (χ3v) is 11.1. The van der Waals surface area contributed by atoms with Crippen molar-refractivity contribution in [1.29, 1.82) is 0 Å². The molecule has 1 aliphatic heterocycles. The molecular formula is C50H38N6O2. The zero-order valence-corrected chi connectivity index (χ0v) is 32.3. The maximum atomic E-state index is 6.74. The van der Waals surface area contributed by atoms with Crippen molar-refractivity contribution in [2.75, 3.05) is 16.5 Å². The molecule has 0 spiro atoms. The van der Waals surface area contributed by atoms with Gasteiger partial charge in [-0.15, -0.1) is 0 Å². The van der Waals surface area contributed by atoms with Crippen molar-refractivity contribution in [3.8, 4) is 39.6 Å². The fraction of sp³-hybridized carbons (Fsp3) is 0.100. The second kappa shape index (κ2) is 13.1. The smallest absolute Gasteiger partial charge is 0.178 e. The molecule has 58 heavy (non-hydrogen) atoms. The Balaban J connectivity index is 0.993. The molecule has 10 aromatic rings. The molecule has 1 aliphatic rings. The summed E-state index contributed by atoms with van der Waals surface area (Å²) in [4.78, 5) is 19.2. The minimum atomic E-state index is -0.0276. The molecule has 0 radical (unpaired) electrons. The highest BCUT2D eigenvalue weighted by Crippen LogP contribution is 2.49. The van der Waals surface area contributed by atoms with Gasteiger partial charge in [-0.1, -0.05) is 112 Å². The van der Waals surface area contributed by atoms with Crippen molar-refractivity contribution in [2.45, 2.75) is 26.2 Å².